The van der Waals surface area contributed by atoms with Gasteiger partial charge in [0.15, 0.2) is 0 Å². The van der Waals surface area contributed by atoms with Crippen LogP contribution in [-0.2, 0) is 0 Å². The van der Waals surface area contributed by atoms with Crippen molar-refractivity contribution in [1.29, 1.82) is 0 Å². The summed E-state index contributed by atoms with van der Waals surface area (Å²) in [6.07, 6.45) is 4.49. The number of hydrogen-bond acceptors (Lipinski definition) is 4. The molecule has 5 heteroatoms. The van der Waals surface area contributed by atoms with E-state index in [-0.39, 0.29) is 5.91 Å². The number of benzene rings is 1. The summed E-state index contributed by atoms with van der Waals surface area (Å²) in [5.41, 5.74) is 2.61. The van der Waals surface area contributed by atoms with Gasteiger partial charge in [0.1, 0.15) is 5.75 Å². The Morgan fingerprint density at radius 2 is 2.08 bits per heavy atom. The average molecular weight is 325 g/mol. The highest BCUT2D eigenvalue weighted by molar-refractivity contribution is 5.95. The molecule has 1 saturated heterocycles. The van der Waals surface area contributed by atoms with Gasteiger partial charge in [-0.25, -0.2) is 0 Å². The lowest BCUT2D eigenvalue weighted by Crippen LogP contribution is -2.30. The van der Waals surface area contributed by atoms with Gasteiger partial charge in [-0.2, -0.15) is 0 Å². The van der Waals surface area contributed by atoms with Crippen LogP contribution in [0.4, 0.5) is 0 Å². The van der Waals surface area contributed by atoms with Gasteiger partial charge in [0.05, 0.1) is 12.7 Å². The van der Waals surface area contributed by atoms with Crippen LogP contribution in [0.5, 0.6) is 5.75 Å². The molecule has 0 unspecified atom stereocenters. The standard InChI is InChI=1S/C19H23N3O2/c1-20-10-14-7-8-22(13-14)19(23)17-9-16(11-21-12-17)15-3-5-18(24-2)6-4-15/h3-6,9,11-12,14,20H,7-8,10,13H2,1-2H3/t14-/m1/s1. The molecule has 0 aliphatic carbocycles. The minimum atomic E-state index is 0.0662. The number of rotatable bonds is 5. The fourth-order valence-corrected chi connectivity index (χ4v) is 3.15. The maximum absolute atomic E-state index is 12.7. The van der Waals surface area contributed by atoms with Crippen molar-refractivity contribution in [2.75, 3.05) is 33.8 Å². The summed E-state index contributed by atoms with van der Waals surface area (Å²) < 4.78 is 5.18. The highest BCUT2D eigenvalue weighted by Gasteiger charge is 2.26. The van der Waals surface area contributed by atoms with Crippen LogP contribution >= 0.6 is 0 Å². The van der Waals surface area contributed by atoms with E-state index in [9.17, 15) is 4.79 Å². The van der Waals surface area contributed by atoms with E-state index in [2.05, 4.69) is 10.3 Å². The van der Waals surface area contributed by atoms with Gasteiger partial charge in [0.2, 0.25) is 0 Å². The van der Waals surface area contributed by atoms with E-state index in [1.807, 2.05) is 42.3 Å². The van der Waals surface area contributed by atoms with Crippen LogP contribution in [0.15, 0.2) is 42.7 Å². The second-order valence-corrected chi connectivity index (χ2v) is 6.15. The van der Waals surface area contributed by atoms with Crippen molar-refractivity contribution in [2.45, 2.75) is 6.42 Å². The molecular weight excluding hydrogens is 302 g/mol. The first-order chi connectivity index (χ1) is 11.7. The molecule has 1 aromatic carbocycles. The van der Waals surface area contributed by atoms with Gasteiger partial charge in [0, 0.05) is 31.0 Å². The molecule has 0 spiro atoms. The minimum absolute atomic E-state index is 0.0662. The first-order valence-electron chi connectivity index (χ1n) is 8.24. The van der Waals surface area contributed by atoms with Crippen LogP contribution in [-0.4, -0.2) is 49.6 Å². The van der Waals surface area contributed by atoms with E-state index in [4.69, 9.17) is 4.74 Å². The van der Waals surface area contributed by atoms with Gasteiger partial charge in [-0.05, 0) is 49.7 Å². The van der Waals surface area contributed by atoms with Crippen molar-refractivity contribution in [3.8, 4) is 16.9 Å². The van der Waals surface area contributed by atoms with Gasteiger partial charge in [-0.3, -0.25) is 9.78 Å². The van der Waals surface area contributed by atoms with Crippen LogP contribution in [0.1, 0.15) is 16.8 Å². The molecule has 0 saturated carbocycles. The summed E-state index contributed by atoms with van der Waals surface area (Å²) in [6, 6.07) is 9.69. The summed E-state index contributed by atoms with van der Waals surface area (Å²) in [5, 5.41) is 3.19. The first kappa shape index (κ1) is 16.5. The average Bonchev–Trinajstić information content (AvgIpc) is 3.10. The molecule has 1 atom stereocenters. The maximum atomic E-state index is 12.7. The predicted octanol–water partition coefficient (Wildman–Crippen LogP) is 2.44. The lowest BCUT2D eigenvalue weighted by molar-refractivity contribution is 0.0787. The van der Waals surface area contributed by atoms with Crippen molar-refractivity contribution >= 4 is 5.91 Å². The molecular formula is C19H23N3O2. The second kappa shape index (κ2) is 7.45. The zero-order valence-electron chi connectivity index (χ0n) is 14.2. The smallest absolute Gasteiger partial charge is 0.255 e. The molecule has 1 aliphatic heterocycles. The largest absolute Gasteiger partial charge is 0.497 e. The van der Waals surface area contributed by atoms with Gasteiger partial charge >= 0.3 is 0 Å². The number of aromatic nitrogens is 1. The van der Waals surface area contributed by atoms with Gasteiger partial charge in [-0.15, -0.1) is 0 Å². The predicted molar refractivity (Wildman–Crippen MR) is 94.2 cm³/mol. The van der Waals surface area contributed by atoms with Crippen LogP contribution in [0.25, 0.3) is 11.1 Å². The number of nitrogens with zero attached hydrogens (tertiary/aromatic N) is 2. The number of ether oxygens (including phenoxy) is 1. The summed E-state index contributed by atoms with van der Waals surface area (Å²) in [5.74, 6) is 1.42. The Kier molecular flexibility index (Phi) is 5.11. The van der Waals surface area contributed by atoms with E-state index in [1.54, 1.807) is 19.5 Å². The Balaban J connectivity index is 1.76. The number of methoxy groups -OCH3 is 1. The van der Waals surface area contributed by atoms with Crippen LogP contribution < -0.4 is 10.1 Å². The Morgan fingerprint density at radius 1 is 1.29 bits per heavy atom. The molecule has 2 heterocycles. The third-order valence-corrected chi connectivity index (χ3v) is 4.47. The lowest BCUT2D eigenvalue weighted by atomic mass is 10.1. The second-order valence-electron chi connectivity index (χ2n) is 6.15. The van der Waals surface area contributed by atoms with E-state index in [0.29, 0.717) is 11.5 Å². The number of likely N-dealkylation sites (tertiary alicyclic amines) is 1. The molecule has 1 aliphatic rings. The topological polar surface area (TPSA) is 54.5 Å². The molecule has 1 N–H and O–H groups in total. The number of carbonyl (C=O) groups is 1. The normalized spacial score (nSPS) is 17.1. The van der Waals surface area contributed by atoms with Gasteiger partial charge < -0.3 is 15.0 Å². The van der Waals surface area contributed by atoms with E-state index in [0.717, 1.165) is 42.9 Å². The molecule has 0 radical (unpaired) electrons. The molecule has 1 aromatic heterocycles. The lowest BCUT2D eigenvalue weighted by Gasteiger charge is -2.17. The third-order valence-electron chi connectivity index (χ3n) is 4.47. The summed E-state index contributed by atoms with van der Waals surface area (Å²) >= 11 is 0. The zero-order chi connectivity index (χ0) is 16.9. The Morgan fingerprint density at radius 3 is 2.79 bits per heavy atom. The molecule has 2 aromatic rings. The minimum Gasteiger partial charge on any atom is -0.497 e. The Hall–Kier alpha value is -2.40. The van der Waals surface area contributed by atoms with Crippen molar-refractivity contribution in [1.82, 2.24) is 15.2 Å². The third kappa shape index (κ3) is 3.57. The summed E-state index contributed by atoms with van der Waals surface area (Å²) in [6.45, 7) is 2.58. The van der Waals surface area contributed by atoms with Crippen molar-refractivity contribution in [2.24, 2.45) is 5.92 Å². The molecule has 5 nitrogen and oxygen atoms in total. The molecule has 0 bridgehead atoms. The van der Waals surface area contributed by atoms with Crippen LogP contribution in [0, 0.1) is 5.92 Å². The molecule has 1 amide bonds. The van der Waals surface area contributed by atoms with Gasteiger partial charge in [-0.1, -0.05) is 12.1 Å². The summed E-state index contributed by atoms with van der Waals surface area (Å²) in [4.78, 5) is 18.9. The monoisotopic (exact) mass is 325 g/mol. The number of hydrogen-bond donors (Lipinski definition) is 1. The van der Waals surface area contributed by atoms with Gasteiger partial charge in [0.25, 0.3) is 5.91 Å². The number of carbonyl (C=O) groups excluding carboxylic acids is 1. The fourth-order valence-electron chi connectivity index (χ4n) is 3.15. The highest BCUT2D eigenvalue weighted by Crippen LogP contribution is 2.24. The Bertz CT molecular complexity index is 700. The van der Waals surface area contributed by atoms with E-state index in [1.165, 1.54) is 0 Å². The zero-order valence-corrected chi connectivity index (χ0v) is 14.2. The number of nitrogens with one attached hydrogen (secondary N) is 1. The Labute approximate surface area is 142 Å². The van der Waals surface area contributed by atoms with Crippen molar-refractivity contribution < 1.29 is 9.53 Å². The highest BCUT2D eigenvalue weighted by atomic mass is 16.5. The fraction of sp³-hybridized carbons (Fsp3) is 0.368. The first-order valence-corrected chi connectivity index (χ1v) is 8.24. The SMILES string of the molecule is CNC[C@H]1CCN(C(=O)c2cncc(-c3ccc(OC)cc3)c2)C1. The molecule has 3 rings (SSSR count). The molecule has 126 valence electrons. The van der Waals surface area contributed by atoms with Crippen molar-refractivity contribution in [3.05, 3.63) is 48.3 Å². The number of pyridine rings is 1. The maximum Gasteiger partial charge on any atom is 0.255 e. The van der Waals surface area contributed by atoms with Crippen LogP contribution in [0.2, 0.25) is 0 Å². The number of amides is 1. The van der Waals surface area contributed by atoms with E-state index < -0.39 is 0 Å². The molecule has 1 fully saturated rings. The summed E-state index contributed by atoms with van der Waals surface area (Å²) in [7, 11) is 3.60. The van der Waals surface area contributed by atoms with E-state index >= 15 is 0 Å². The van der Waals surface area contributed by atoms with Crippen molar-refractivity contribution in [3.63, 3.8) is 0 Å². The van der Waals surface area contributed by atoms with Crippen LogP contribution in [0.3, 0.4) is 0 Å². The quantitative estimate of drug-likeness (QED) is 0.917. The molecule has 24 heavy (non-hydrogen) atoms.